The third-order valence-electron chi connectivity index (χ3n) is 4.94. The number of hydrogen-bond donors (Lipinski definition) is 1. The summed E-state index contributed by atoms with van der Waals surface area (Å²) in [5.41, 5.74) is 2.30. The summed E-state index contributed by atoms with van der Waals surface area (Å²) in [5.74, 6) is 1.79. The number of aliphatic hydroxyl groups is 1. The standard InChI is InChI=1S/C19H27NO2/c1-13(2)18(21)15-7-9-20(10-8-15)12-17-6-4-5-16-11-14(3)22-19(16)17/h4-6,11,13,15,18,21H,7-10,12H2,1-3H3/t18-/m0/s1. The monoisotopic (exact) mass is 301 g/mol. The summed E-state index contributed by atoms with van der Waals surface area (Å²) >= 11 is 0. The highest BCUT2D eigenvalue weighted by molar-refractivity contribution is 5.81. The lowest BCUT2D eigenvalue weighted by Crippen LogP contribution is -2.39. The van der Waals surface area contributed by atoms with Crippen molar-refractivity contribution in [2.75, 3.05) is 13.1 Å². The van der Waals surface area contributed by atoms with Gasteiger partial charge in [0.2, 0.25) is 0 Å². The van der Waals surface area contributed by atoms with Gasteiger partial charge in [-0.3, -0.25) is 4.90 Å². The van der Waals surface area contributed by atoms with Crippen molar-refractivity contribution in [3.05, 3.63) is 35.6 Å². The Hall–Kier alpha value is -1.32. The van der Waals surface area contributed by atoms with E-state index < -0.39 is 0 Å². The van der Waals surface area contributed by atoms with Crippen LogP contribution in [0, 0.1) is 18.8 Å². The minimum absolute atomic E-state index is 0.154. The summed E-state index contributed by atoms with van der Waals surface area (Å²) < 4.78 is 5.86. The Morgan fingerprint density at radius 2 is 2.00 bits per heavy atom. The van der Waals surface area contributed by atoms with E-state index in [0.29, 0.717) is 11.8 Å². The fourth-order valence-electron chi connectivity index (χ4n) is 3.61. The molecule has 3 rings (SSSR count). The lowest BCUT2D eigenvalue weighted by molar-refractivity contribution is 0.0270. The minimum Gasteiger partial charge on any atom is -0.461 e. The molecule has 1 aliphatic heterocycles. The molecule has 0 aliphatic carbocycles. The molecule has 3 heteroatoms. The molecule has 0 radical (unpaired) electrons. The van der Waals surface area contributed by atoms with E-state index in [2.05, 4.69) is 43.0 Å². The quantitative estimate of drug-likeness (QED) is 0.928. The molecule has 3 nitrogen and oxygen atoms in total. The first-order valence-electron chi connectivity index (χ1n) is 8.43. The zero-order chi connectivity index (χ0) is 15.7. The predicted octanol–water partition coefficient (Wildman–Crippen LogP) is 3.97. The second-order valence-corrected chi connectivity index (χ2v) is 7.04. The second kappa shape index (κ2) is 6.43. The van der Waals surface area contributed by atoms with Gasteiger partial charge in [0.1, 0.15) is 11.3 Å². The summed E-state index contributed by atoms with van der Waals surface area (Å²) in [4.78, 5) is 2.48. The van der Waals surface area contributed by atoms with Gasteiger partial charge in [0.05, 0.1) is 6.10 Å². The van der Waals surface area contributed by atoms with Crippen LogP contribution in [0.25, 0.3) is 11.0 Å². The summed E-state index contributed by atoms with van der Waals surface area (Å²) in [6.45, 7) is 9.28. The Morgan fingerprint density at radius 3 is 2.68 bits per heavy atom. The minimum atomic E-state index is -0.154. The van der Waals surface area contributed by atoms with Gasteiger partial charge in [0.15, 0.2) is 0 Å². The van der Waals surface area contributed by atoms with E-state index in [1.165, 1.54) is 10.9 Å². The molecule has 22 heavy (non-hydrogen) atoms. The average Bonchev–Trinajstić information content (AvgIpc) is 2.88. The highest BCUT2D eigenvalue weighted by Gasteiger charge is 2.27. The van der Waals surface area contributed by atoms with Crippen LogP contribution in [0.1, 0.15) is 38.0 Å². The van der Waals surface area contributed by atoms with Gasteiger partial charge in [-0.25, -0.2) is 0 Å². The number of nitrogens with zero attached hydrogens (tertiary/aromatic N) is 1. The predicted molar refractivity (Wildman–Crippen MR) is 89.8 cm³/mol. The van der Waals surface area contributed by atoms with Gasteiger partial charge in [-0.05, 0) is 50.8 Å². The molecule has 0 bridgehead atoms. The number of piperidine rings is 1. The number of aliphatic hydroxyl groups excluding tert-OH is 1. The number of hydrogen-bond acceptors (Lipinski definition) is 3. The first-order chi connectivity index (χ1) is 10.5. The van der Waals surface area contributed by atoms with Gasteiger partial charge >= 0.3 is 0 Å². The van der Waals surface area contributed by atoms with Gasteiger partial charge in [0, 0.05) is 17.5 Å². The molecule has 0 unspecified atom stereocenters. The van der Waals surface area contributed by atoms with Crippen LogP contribution in [0.5, 0.6) is 0 Å². The highest BCUT2D eigenvalue weighted by Crippen LogP contribution is 2.28. The average molecular weight is 301 g/mol. The first kappa shape index (κ1) is 15.6. The zero-order valence-corrected chi connectivity index (χ0v) is 13.9. The maximum atomic E-state index is 10.2. The number of benzene rings is 1. The molecule has 0 amide bonds. The molecule has 120 valence electrons. The SMILES string of the molecule is Cc1cc2cccc(CN3CCC([C@@H](O)C(C)C)CC3)c2o1. The van der Waals surface area contributed by atoms with Crippen LogP contribution in [-0.4, -0.2) is 29.2 Å². The van der Waals surface area contributed by atoms with Crippen LogP contribution in [0.4, 0.5) is 0 Å². The fourth-order valence-corrected chi connectivity index (χ4v) is 3.61. The Bertz CT molecular complexity index is 623. The normalized spacial score (nSPS) is 19.1. The maximum Gasteiger partial charge on any atom is 0.138 e. The molecule has 2 heterocycles. The van der Waals surface area contributed by atoms with Crippen molar-refractivity contribution in [2.24, 2.45) is 11.8 Å². The van der Waals surface area contributed by atoms with Crippen LogP contribution >= 0.6 is 0 Å². The van der Waals surface area contributed by atoms with E-state index >= 15 is 0 Å². The van der Waals surface area contributed by atoms with E-state index in [1.54, 1.807) is 0 Å². The molecule has 1 aromatic heterocycles. The number of furan rings is 1. The molecule has 1 atom stereocenters. The number of para-hydroxylation sites is 1. The molecule has 1 saturated heterocycles. The van der Waals surface area contributed by atoms with Crippen LogP contribution in [0.15, 0.2) is 28.7 Å². The topological polar surface area (TPSA) is 36.6 Å². The van der Waals surface area contributed by atoms with Crippen molar-refractivity contribution < 1.29 is 9.52 Å². The third kappa shape index (κ3) is 3.21. The van der Waals surface area contributed by atoms with Crippen molar-refractivity contribution in [3.63, 3.8) is 0 Å². The lowest BCUT2D eigenvalue weighted by atomic mass is 9.85. The first-order valence-corrected chi connectivity index (χ1v) is 8.43. The molecule has 0 spiro atoms. The van der Waals surface area contributed by atoms with Gasteiger partial charge < -0.3 is 9.52 Å². The summed E-state index contributed by atoms with van der Waals surface area (Å²) in [5, 5.41) is 11.4. The number of rotatable bonds is 4. The van der Waals surface area contributed by atoms with Crippen molar-refractivity contribution >= 4 is 11.0 Å². The lowest BCUT2D eigenvalue weighted by Gasteiger charge is -2.35. The highest BCUT2D eigenvalue weighted by atomic mass is 16.3. The van der Waals surface area contributed by atoms with Crippen LogP contribution < -0.4 is 0 Å². The molecule has 1 N–H and O–H groups in total. The number of aryl methyl sites for hydroxylation is 1. The molecular formula is C19H27NO2. The van der Waals surface area contributed by atoms with Gasteiger partial charge in [-0.1, -0.05) is 32.0 Å². The largest absolute Gasteiger partial charge is 0.461 e. The van der Waals surface area contributed by atoms with Gasteiger partial charge in [-0.2, -0.15) is 0 Å². The third-order valence-corrected chi connectivity index (χ3v) is 4.94. The van der Waals surface area contributed by atoms with Crippen molar-refractivity contribution in [1.82, 2.24) is 4.90 Å². The smallest absolute Gasteiger partial charge is 0.138 e. The van der Waals surface area contributed by atoms with Crippen molar-refractivity contribution in [1.29, 1.82) is 0 Å². The van der Waals surface area contributed by atoms with E-state index in [1.807, 2.05) is 6.92 Å². The van der Waals surface area contributed by atoms with Crippen molar-refractivity contribution in [2.45, 2.75) is 46.3 Å². The molecule has 1 aliphatic rings. The Kier molecular flexibility index (Phi) is 4.55. The Morgan fingerprint density at radius 1 is 1.27 bits per heavy atom. The number of likely N-dealkylation sites (tertiary alicyclic amines) is 1. The molecule has 2 aromatic rings. The molecule has 1 aromatic carbocycles. The summed E-state index contributed by atoms with van der Waals surface area (Å²) in [6, 6.07) is 8.49. The van der Waals surface area contributed by atoms with E-state index in [-0.39, 0.29) is 6.10 Å². The second-order valence-electron chi connectivity index (χ2n) is 7.04. The Balaban J connectivity index is 1.65. The summed E-state index contributed by atoms with van der Waals surface area (Å²) in [7, 11) is 0. The molecule has 1 fully saturated rings. The fraction of sp³-hybridized carbons (Fsp3) is 0.579. The van der Waals surface area contributed by atoms with E-state index in [4.69, 9.17) is 4.42 Å². The molecule has 0 saturated carbocycles. The Labute approximate surface area is 132 Å². The van der Waals surface area contributed by atoms with E-state index in [0.717, 1.165) is 43.8 Å². The van der Waals surface area contributed by atoms with Crippen molar-refractivity contribution in [3.8, 4) is 0 Å². The number of fused-ring (bicyclic) bond motifs is 1. The zero-order valence-electron chi connectivity index (χ0n) is 13.9. The van der Waals surface area contributed by atoms with Gasteiger partial charge in [-0.15, -0.1) is 0 Å². The van der Waals surface area contributed by atoms with Crippen LogP contribution in [0.3, 0.4) is 0 Å². The van der Waals surface area contributed by atoms with Gasteiger partial charge in [0.25, 0.3) is 0 Å². The van der Waals surface area contributed by atoms with E-state index in [9.17, 15) is 5.11 Å². The molecular weight excluding hydrogens is 274 g/mol. The maximum absolute atomic E-state index is 10.2. The summed E-state index contributed by atoms with van der Waals surface area (Å²) in [6.07, 6.45) is 2.03. The van der Waals surface area contributed by atoms with Crippen LogP contribution in [0.2, 0.25) is 0 Å². The van der Waals surface area contributed by atoms with Crippen LogP contribution in [-0.2, 0) is 6.54 Å².